The van der Waals surface area contributed by atoms with Crippen molar-refractivity contribution in [3.05, 3.63) is 17.7 Å². The topological polar surface area (TPSA) is 48.4 Å². The largest absolute Gasteiger partial charge is 0.395 e. The first-order valence-electron chi connectivity index (χ1n) is 5.59. The van der Waals surface area contributed by atoms with Gasteiger partial charge in [-0.15, -0.1) is 0 Å². The molecule has 0 spiro atoms. The van der Waals surface area contributed by atoms with E-state index < -0.39 is 11.6 Å². The van der Waals surface area contributed by atoms with Crippen molar-refractivity contribution in [1.29, 1.82) is 0 Å². The van der Waals surface area contributed by atoms with Gasteiger partial charge in [0.2, 0.25) is 0 Å². The van der Waals surface area contributed by atoms with E-state index in [2.05, 4.69) is 10.3 Å². The molecule has 0 bridgehead atoms. The number of hydrogen-bond donors (Lipinski definition) is 2. The summed E-state index contributed by atoms with van der Waals surface area (Å²) >= 11 is 0. The Hall–Kier alpha value is -1.43. The molecule has 0 saturated carbocycles. The van der Waals surface area contributed by atoms with E-state index in [-0.39, 0.29) is 24.8 Å². The van der Waals surface area contributed by atoms with Gasteiger partial charge in [-0.05, 0) is 13.8 Å². The van der Waals surface area contributed by atoms with E-state index in [1.807, 2.05) is 6.92 Å². The molecule has 0 atom stereocenters. The van der Waals surface area contributed by atoms with Crippen LogP contribution in [0.4, 0.5) is 20.4 Å². The van der Waals surface area contributed by atoms with Gasteiger partial charge in [-0.2, -0.15) is 0 Å². The average molecular weight is 245 g/mol. The number of aromatic nitrogens is 1. The molecule has 0 unspecified atom stereocenters. The Morgan fingerprint density at radius 2 is 2.06 bits per heavy atom. The highest BCUT2D eigenvalue weighted by molar-refractivity contribution is 5.49. The van der Waals surface area contributed by atoms with Crippen molar-refractivity contribution in [3.63, 3.8) is 0 Å². The van der Waals surface area contributed by atoms with E-state index in [0.717, 1.165) is 6.07 Å². The molecule has 0 amide bonds. The molecule has 0 radical (unpaired) electrons. The molecule has 96 valence electrons. The van der Waals surface area contributed by atoms with Gasteiger partial charge in [0, 0.05) is 25.7 Å². The molecular weight excluding hydrogens is 228 g/mol. The molecule has 0 aromatic carbocycles. The minimum Gasteiger partial charge on any atom is -0.395 e. The number of halogens is 2. The van der Waals surface area contributed by atoms with Crippen LogP contribution in [0.2, 0.25) is 0 Å². The van der Waals surface area contributed by atoms with Gasteiger partial charge in [0.05, 0.1) is 6.61 Å². The van der Waals surface area contributed by atoms with Crippen LogP contribution in [0.15, 0.2) is 6.07 Å². The molecule has 1 aromatic heterocycles. The van der Waals surface area contributed by atoms with E-state index in [1.54, 1.807) is 11.8 Å². The molecule has 0 fully saturated rings. The molecular formula is C11H17F2N3O. The first-order valence-corrected chi connectivity index (χ1v) is 5.59. The Morgan fingerprint density at radius 1 is 1.35 bits per heavy atom. The summed E-state index contributed by atoms with van der Waals surface area (Å²) in [6.07, 6.45) is 0. The number of pyridine rings is 1. The molecule has 0 aliphatic carbocycles. The minimum atomic E-state index is -0.723. The Labute approximate surface area is 99.3 Å². The lowest BCUT2D eigenvalue weighted by Crippen LogP contribution is -2.28. The quantitative estimate of drug-likeness (QED) is 0.799. The third-order valence-electron chi connectivity index (χ3n) is 2.31. The summed E-state index contributed by atoms with van der Waals surface area (Å²) in [6, 6.07) is 0.806. The van der Waals surface area contributed by atoms with Gasteiger partial charge in [0.15, 0.2) is 23.3 Å². The summed E-state index contributed by atoms with van der Waals surface area (Å²) in [5.41, 5.74) is 0. The molecule has 0 saturated heterocycles. The number of anilines is 2. The Balaban J connectivity index is 3.08. The van der Waals surface area contributed by atoms with E-state index >= 15 is 0 Å². The first kappa shape index (κ1) is 13.6. The van der Waals surface area contributed by atoms with Crippen LogP contribution in [0, 0.1) is 11.6 Å². The van der Waals surface area contributed by atoms with Crippen LogP contribution >= 0.6 is 0 Å². The zero-order valence-corrected chi connectivity index (χ0v) is 10.0. The highest BCUT2D eigenvalue weighted by Crippen LogP contribution is 2.21. The number of likely N-dealkylation sites (N-methyl/N-ethyl adjacent to an activating group) is 1. The maximum atomic E-state index is 13.6. The number of nitrogens with one attached hydrogen (secondary N) is 1. The second-order valence-corrected chi connectivity index (χ2v) is 3.46. The van der Waals surface area contributed by atoms with Crippen LogP contribution in [-0.4, -0.2) is 36.3 Å². The molecule has 1 aromatic rings. The minimum absolute atomic E-state index is 0.0280. The third kappa shape index (κ3) is 3.26. The third-order valence-corrected chi connectivity index (χ3v) is 2.31. The first-order chi connectivity index (χ1) is 8.13. The van der Waals surface area contributed by atoms with Gasteiger partial charge in [0.25, 0.3) is 0 Å². The van der Waals surface area contributed by atoms with E-state index in [0.29, 0.717) is 13.1 Å². The summed E-state index contributed by atoms with van der Waals surface area (Å²) in [5.74, 6) is -1.35. The molecule has 1 rings (SSSR count). The molecule has 2 N–H and O–H groups in total. The second kappa shape index (κ2) is 6.34. The monoisotopic (exact) mass is 245 g/mol. The van der Waals surface area contributed by atoms with Crippen LogP contribution in [-0.2, 0) is 0 Å². The summed E-state index contributed by atoms with van der Waals surface area (Å²) in [7, 11) is 0. The molecule has 17 heavy (non-hydrogen) atoms. The zero-order chi connectivity index (χ0) is 12.8. The van der Waals surface area contributed by atoms with Crippen molar-refractivity contribution in [3.8, 4) is 0 Å². The second-order valence-electron chi connectivity index (χ2n) is 3.46. The Kier molecular flexibility index (Phi) is 5.09. The van der Waals surface area contributed by atoms with Crippen LogP contribution in [0.1, 0.15) is 13.8 Å². The van der Waals surface area contributed by atoms with Crippen LogP contribution in [0.25, 0.3) is 0 Å². The predicted octanol–water partition coefficient (Wildman–Crippen LogP) is 1.61. The van der Waals surface area contributed by atoms with Crippen molar-refractivity contribution in [1.82, 2.24) is 4.98 Å². The van der Waals surface area contributed by atoms with Gasteiger partial charge in [-0.3, -0.25) is 0 Å². The van der Waals surface area contributed by atoms with Crippen molar-refractivity contribution in [2.24, 2.45) is 0 Å². The van der Waals surface area contributed by atoms with E-state index in [1.165, 1.54) is 0 Å². The summed E-state index contributed by atoms with van der Waals surface area (Å²) in [5, 5.41) is 11.6. The fourth-order valence-corrected chi connectivity index (χ4v) is 1.50. The van der Waals surface area contributed by atoms with Crippen molar-refractivity contribution in [2.75, 3.05) is 36.5 Å². The smallest absolute Gasteiger partial charge is 0.168 e. The van der Waals surface area contributed by atoms with Gasteiger partial charge in [0.1, 0.15) is 0 Å². The Morgan fingerprint density at radius 3 is 2.59 bits per heavy atom. The van der Waals surface area contributed by atoms with E-state index in [9.17, 15) is 8.78 Å². The predicted molar refractivity (Wildman–Crippen MR) is 63.3 cm³/mol. The van der Waals surface area contributed by atoms with Gasteiger partial charge in [-0.1, -0.05) is 0 Å². The normalized spacial score (nSPS) is 10.4. The SMILES string of the molecule is CCNc1nc(N(CC)CCO)c(F)cc1F. The standard InChI is InChI=1S/C11H17F2N3O/c1-3-14-10-8(12)7-9(13)11(15-10)16(4-2)5-6-17/h7,17H,3-6H2,1-2H3,(H,14,15). The summed E-state index contributed by atoms with van der Waals surface area (Å²) in [4.78, 5) is 5.46. The maximum Gasteiger partial charge on any atom is 0.168 e. The lowest BCUT2D eigenvalue weighted by Gasteiger charge is -2.22. The van der Waals surface area contributed by atoms with Crippen LogP contribution in [0.5, 0.6) is 0 Å². The number of aliphatic hydroxyl groups is 1. The highest BCUT2D eigenvalue weighted by atomic mass is 19.1. The molecule has 6 heteroatoms. The molecule has 0 aliphatic rings. The molecule has 1 heterocycles. The molecule has 4 nitrogen and oxygen atoms in total. The summed E-state index contributed by atoms with van der Waals surface area (Å²) in [6.45, 7) is 4.76. The van der Waals surface area contributed by atoms with E-state index in [4.69, 9.17) is 5.11 Å². The number of aliphatic hydroxyl groups excluding tert-OH is 1. The number of rotatable bonds is 6. The highest BCUT2D eigenvalue weighted by Gasteiger charge is 2.15. The Bertz CT molecular complexity index is 374. The number of hydrogen-bond acceptors (Lipinski definition) is 4. The van der Waals surface area contributed by atoms with Gasteiger partial charge < -0.3 is 15.3 Å². The van der Waals surface area contributed by atoms with Gasteiger partial charge >= 0.3 is 0 Å². The van der Waals surface area contributed by atoms with Crippen LogP contribution in [0.3, 0.4) is 0 Å². The van der Waals surface area contributed by atoms with Crippen LogP contribution < -0.4 is 10.2 Å². The average Bonchev–Trinajstić information content (AvgIpc) is 2.30. The lowest BCUT2D eigenvalue weighted by atomic mass is 10.3. The lowest BCUT2D eigenvalue weighted by molar-refractivity contribution is 0.301. The van der Waals surface area contributed by atoms with Gasteiger partial charge in [-0.25, -0.2) is 13.8 Å². The fraction of sp³-hybridized carbons (Fsp3) is 0.545. The van der Waals surface area contributed by atoms with Crippen molar-refractivity contribution >= 4 is 11.6 Å². The molecule has 0 aliphatic heterocycles. The summed E-state index contributed by atoms with van der Waals surface area (Å²) < 4.78 is 26.9. The van der Waals surface area contributed by atoms with Crippen molar-refractivity contribution < 1.29 is 13.9 Å². The van der Waals surface area contributed by atoms with Crippen molar-refractivity contribution in [2.45, 2.75) is 13.8 Å². The fourth-order valence-electron chi connectivity index (χ4n) is 1.50. The zero-order valence-electron chi connectivity index (χ0n) is 10.0. The maximum absolute atomic E-state index is 13.6. The number of nitrogens with zero attached hydrogens (tertiary/aromatic N) is 2.